The monoisotopic (exact) mass is 284 g/mol. The van der Waals surface area contributed by atoms with Gasteiger partial charge in [-0.3, -0.25) is 10.1 Å². The highest BCUT2D eigenvalue weighted by molar-refractivity contribution is 7.98. The lowest BCUT2D eigenvalue weighted by Gasteiger charge is -2.08. The van der Waals surface area contributed by atoms with Gasteiger partial charge < -0.3 is 10.1 Å². The van der Waals surface area contributed by atoms with Crippen molar-refractivity contribution in [1.82, 2.24) is 0 Å². The molecule has 0 amide bonds. The van der Waals surface area contributed by atoms with Crippen molar-refractivity contribution in [3.05, 3.63) is 33.9 Å². The van der Waals surface area contributed by atoms with E-state index in [2.05, 4.69) is 10.1 Å². The molecular formula is C12H16N2O4S. The Bertz CT molecular complexity index is 465. The first kappa shape index (κ1) is 15.3. The molecule has 0 aliphatic rings. The molecule has 0 heterocycles. The molecule has 0 saturated carbocycles. The molecule has 1 aromatic carbocycles. The van der Waals surface area contributed by atoms with Crippen molar-refractivity contribution in [2.75, 3.05) is 31.0 Å². The maximum absolute atomic E-state index is 11.4. The maximum atomic E-state index is 11.4. The van der Waals surface area contributed by atoms with Crippen LogP contribution in [0, 0.1) is 10.1 Å². The Morgan fingerprint density at radius 2 is 2.26 bits per heavy atom. The third kappa shape index (κ3) is 4.44. The highest BCUT2D eigenvalue weighted by atomic mass is 32.2. The summed E-state index contributed by atoms with van der Waals surface area (Å²) in [5.41, 5.74) is 0.589. The molecule has 0 atom stereocenters. The number of nitrogens with one attached hydrogen (secondary N) is 1. The van der Waals surface area contributed by atoms with Crippen LogP contribution in [0.15, 0.2) is 18.2 Å². The molecule has 7 heteroatoms. The number of rotatable bonds is 7. The fourth-order valence-electron chi connectivity index (χ4n) is 1.52. The van der Waals surface area contributed by atoms with Crippen LogP contribution < -0.4 is 5.32 Å². The number of anilines is 1. The van der Waals surface area contributed by atoms with E-state index in [1.165, 1.54) is 25.3 Å². The highest BCUT2D eigenvalue weighted by Crippen LogP contribution is 2.25. The summed E-state index contributed by atoms with van der Waals surface area (Å²) in [5, 5.41) is 13.9. The summed E-state index contributed by atoms with van der Waals surface area (Å²) in [6.07, 6.45) is 2.89. The lowest BCUT2D eigenvalue weighted by molar-refractivity contribution is -0.384. The normalized spacial score (nSPS) is 10.0. The Labute approximate surface area is 115 Å². The van der Waals surface area contributed by atoms with E-state index in [1.807, 2.05) is 6.26 Å². The molecule has 0 saturated heterocycles. The average Bonchev–Trinajstić information content (AvgIpc) is 2.42. The van der Waals surface area contributed by atoms with Crippen LogP contribution in [-0.2, 0) is 4.74 Å². The van der Waals surface area contributed by atoms with Gasteiger partial charge in [0.2, 0.25) is 0 Å². The van der Waals surface area contributed by atoms with Gasteiger partial charge in [-0.2, -0.15) is 11.8 Å². The molecule has 104 valence electrons. The molecule has 0 aliphatic heterocycles. The Morgan fingerprint density at radius 1 is 1.53 bits per heavy atom. The Kier molecular flexibility index (Phi) is 6.14. The molecule has 0 aliphatic carbocycles. The number of nitro groups is 1. The number of nitro benzene ring substituents is 1. The summed E-state index contributed by atoms with van der Waals surface area (Å²) in [4.78, 5) is 21.8. The van der Waals surface area contributed by atoms with Crippen LogP contribution in [0.3, 0.4) is 0 Å². The van der Waals surface area contributed by atoms with Crippen molar-refractivity contribution >= 4 is 29.1 Å². The summed E-state index contributed by atoms with van der Waals surface area (Å²) in [7, 11) is 1.27. The fourth-order valence-corrected chi connectivity index (χ4v) is 1.95. The molecule has 0 aromatic heterocycles. The number of ether oxygens (including phenoxy) is 1. The number of hydrogen-bond donors (Lipinski definition) is 1. The van der Waals surface area contributed by atoms with Crippen molar-refractivity contribution in [2.24, 2.45) is 0 Å². The topological polar surface area (TPSA) is 81.5 Å². The summed E-state index contributed by atoms with van der Waals surface area (Å²) in [6, 6.07) is 4.14. The molecule has 0 radical (unpaired) electrons. The number of nitrogens with zero attached hydrogens (tertiary/aromatic N) is 1. The van der Waals surface area contributed by atoms with Gasteiger partial charge in [0.05, 0.1) is 17.6 Å². The number of carbonyl (C=O) groups is 1. The highest BCUT2D eigenvalue weighted by Gasteiger charge is 2.16. The zero-order valence-corrected chi connectivity index (χ0v) is 11.7. The Hall–Kier alpha value is -1.76. The van der Waals surface area contributed by atoms with Crippen molar-refractivity contribution in [2.45, 2.75) is 6.42 Å². The van der Waals surface area contributed by atoms with Gasteiger partial charge in [-0.25, -0.2) is 4.79 Å². The molecule has 19 heavy (non-hydrogen) atoms. The van der Waals surface area contributed by atoms with E-state index in [-0.39, 0.29) is 5.69 Å². The van der Waals surface area contributed by atoms with E-state index in [0.717, 1.165) is 12.2 Å². The van der Waals surface area contributed by atoms with Crippen molar-refractivity contribution in [3.8, 4) is 0 Å². The molecule has 0 fully saturated rings. The van der Waals surface area contributed by atoms with Crippen LogP contribution in [0.4, 0.5) is 11.4 Å². The third-order valence-electron chi connectivity index (χ3n) is 2.46. The van der Waals surface area contributed by atoms with E-state index in [1.54, 1.807) is 11.8 Å². The van der Waals surface area contributed by atoms with Crippen molar-refractivity contribution < 1.29 is 14.5 Å². The Morgan fingerprint density at radius 3 is 2.84 bits per heavy atom. The number of thioether (sulfide) groups is 1. The van der Waals surface area contributed by atoms with Gasteiger partial charge in [0, 0.05) is 12.6 Å². The molecule has 1 aromatic rings. The van der Waals surface area contributed by atoms with Crippen LogP contribution in [0.5, 0.6) is 0 Å². The van der Waals surface area contributed by atoms with E-state index in [4.69, 9.17) is 0 Å². The van der Waals surface area contributed by atoms with E-state index < -0.39 is 10.9 Å². The molecule has 6 nitrogen and oxygen atoms in total. The first-order valence-electron chi connectivity index (χ1n) is 5.69. The summed E-state index contributed by atoms with van der Waals surface area (Å²) in [5.74, 6) is 0.458. The molecule has 0 spiro atoms. The lowest BCUT2D eigenvalue weighted by Crippen LogP contribution is -2.08. The van der Waals surface area contributed by atoms with Gasteiger partial charge in [0.25, 0.3) is 5.69 Å². The molecule has 1 N–H and O–H groups in total. The number of methoxy groups -OCH3 is 1. The maximum Gasteiger partial charge on any atom is 0.337 e. The predicted molar refractivity (Wildman–Crippen MR) is 75.9 cm³/mol. The van der Waals surface area contributed by atoms with Crippen LogP contribution in [-0.4, -0.2) is 36.6 Å². The summed E-state index contributed by atoms with van der Waals surface area (Å²) in [6.45, 7) is 0.617. The van der Waals surface area contributed by atoms with E-state index in [0.29, 0.717) is 17.8 Å². The van der Waals surface area contributed by atoms with Gasteiger partial charge in [-0.1, -0.05) is 0 Å². The van der Waals surface area contributed by atoms with E-state index >= 15 is 0 Å². The standard InChI is InChI=1S/C12H16N2O4S/c1-18-12(15)9-4-5-11(14(16)17)10(8-9)13-6-3-7-19-2/h4-5,8,13H,3,6-7H2,1-2H3. The van der Waals surface area contributed by atoms with Crippen LogP contribution >= 0.6 is 11.8 Å². The van der Waals surface area contributed by atoms with Crippen LogP contribution in [0.2, 0.25) is 0 Å². The smallest absolute Gasteiger partial charge is 0.337 e. The summed E-state index contributed by atoms with van der Waals surface area (Å²) < 4.78 is 4.59. The van der Waals surface area contributed by atoms with Gasteiger partial charge in [-0.05, 0) is 30.6 Å². The number of carbonyl (C=O) groups excluding carboxylic acids is 1. The van der Waals surface area contributed by atoms with Gasteiger partial charge >= 0.3 is 5.97 Å². The molecular weight excluding hydrogens is 268 g/mol. The second-order valence-corrected chi connectivity index (χ2v) is 4.74. The largest absolute Gasteiger partial charge is 0.465 e. The number of hydrogen-bond acceptors (Lipinski definition) is 6. The fraction of sp³-hybridized carbons (Fsp3) is 0.417. The van der Waals surface area contributed by atoms with Gasteiger partial charge in [0.1, 0.15) is 5.69 Å². The van der Waals surface area contributed by atoms with Crippen molar-refractivity contribution in [3.63, 3.8) is 0 Å². The minimum absolute atomic E-state index is 0.0446. The minimum Gasteiger partial charge on any atom is -0.465 e. The zero-order valence-electron chi connectivity index (χ0n) is 10.8. The summed E-state index contributed by atoms with van der Waals surface area (Å²) >= 11 is 1.71. The zero-order chi connectivity index (χ0) is 14.3. The first-order valence-corrected chi connectivity index (χ1v) is 7.09. The van der Waals surface area contributed by atoms with Crippen LogP contribution in [0.25, 0.3) is 0 Å². The Balaban J connectivity index is 2.89. The lowest BCUT2D eigenvalue weighted by atomic mass is 10.1. The third-order valence-corrected chi connectivity index (χ3v) is 3.15. The van der Waals surface area contributed by atoms with Gasteiger partial charge in [0.15, 0.2) is 0 Å². The van der Waals surface area contributed by atoms with Crippen molar-refractivity contribution in [1.29, 1.82) is 0 Å². The second-order valence-electron chi connectivity index (χ2n) is 3.75. The average molecular weight is 284 g/mol. The van der Waals surface area contributed by atoms with E-state index in [9.17, 15) is 14.9 Å². The van der Waals surface area contributed by atoms with Crippen LogP contribution in [0.1, 0.15) is 16.8 Å². The number of benzene rings is 1. The molecule has 0 bridgehead atoms. The van der Waals surface area contributed by atoms with Gasteiger partial charge in [-0.15, -0.1) is 0 Å². The second kappa shape index (κ2) is 7.63. The molecule has 1 rings (SSSR count). The number of esters is 1. The minimum atomic E-state index is -0.512. The SMILES string of the molecule is COC(=O)c1ccc([N+](=O)[O-])c(NCCCSC)c1. The quantitative estimate of drug-likeness (QED) is 0.358. The first-order chi connectivity index (χ1) is 9.10. The predicted octanol–water partition coefficient (Wildman–Crippen LogP) is 2.55. The molecule has 0 unspecified atom stereocenters.